The first-order valence-electron chi connectivity index (χ1n) is 4.98. The summed E-state index contributed by atoms with van der Waals surface area (Å²) >= 11 is 0. The molecule has 4 heteroatoms. The van der Waals surface area contributed by atoms with Crippen molar-refractivity contribution < 1.29 is 14.3 Å². The van der Waals surface area contributed by atoms with Gasteiger partial charge >= 0.3 is 5.97 Å². The molecule has 0 aliphatic heterocycles. The zero-order valence-corrected chi connectivity index (χ0v) is 9.64. The molecule has 1 aromatic carbocycles. The number of carbonyl (C=O) groups excluding carboxylic acids is 2. The Bertz CT molecular complexity index is 375. The fourth-order valence-corrected chi connectivity index (χ4v) is 1.35. The number of hydrogen-bond donors (Lipinski definition) is 0. The molecule has 86 valence electrons. The lowest BCUT2D eigenvalue weighted by Gasteiger charge is -2.20. The molecule has 0 fully saturated rings. The topological polar surface area (TPSA) is 46.6 Å². The molecule has 0 aliphatic rings. The van der Waals surface area contributed by atoms with Gasteiger partial charge in [0, 0.05) is 12.7 Å². The molecule has 1 unspecified atom stereocenters. The molecule has 0 bridgehead atoms. The van der Waals surface area contributed by atoms with Gasteiger partial charge in [0.2, 0.25) is 5.91 Å². The number of nitrogens with zero attached hydrogens (tertiary/aromatic N) is 1. The quantitative estimate of drug-likeness (QED) is 0.573. The van der Waals surface area contributed by atoms with Crippen LogP contribution < -0.4 is 4.90 Å². The average molecular weight is 221 g/mol. The fourth-order valence-electron chi connectivity index (χ4n) is 1.35. The molecule has 1 aromatic rings. The molecule has 1 rings (SSSR count). The van der Waals surface area contributed by atoms with Crippen molar-refractivity contribution in [2.45, 2.75) is 6.92 Å². The van der Waals surface area contributed by atoms with Crippen LogP contribution in [0.3, 0.4) is 0 Å². The summed E-state index contributed by atoms with van der Waals surface area (Å²) in [5.41, 5.74) is 0.753. The highest BCUT2D eigenvalue weighted by atomic mass is 16.5. The summed E-state index contributed by atoms with van der Waals surface area (Å²) in [6, 6.07) is 9.15. The summed E-state index contributed by atoms with van der Waals surface area (Å²) in [7, 11) is 2.91. The van der Waals surface area contributed by atoms with Crippen molar-refractivity contribution in [3.63, 3.8) is 0 Å². The van der Waals surface area contributed by atoms with Gasteiger partial charge in [-0.1, -0.05) is 18.2 Å². The summed E-state index contributed by atoms with van der Waals surface area (Å²) in [5.74, 6) is -1.58. The molecule has 0 saturated heterocycles. The highest BCUT2D eigenvalue weighted by Gasteiger charge is 2.25. The zero-order valence-electron chi connectivity index (χ0n) is 9.64. The molecule has 0 radical (unpaired) electrons. The number of ether oxygens (including phenoxy) is 1. The lowest BCUT2D eigenvalue weighted by molar-refractivity contribution is -0.148. The molecule has 0 N–H and O–H groups in total. The molecule has 1 amide bonds. The van der Waals surface area contributed by atoms with Crippen LogP contribution in [0.25, 0.3) is 0 Å². The number of hydrogen-bond acceptors (Lipinski definition) is 3. The second-order valence-electron chi connectivity index (χ2n) is 3.48. The number of amides is 1. The average Bonchev–Trinajstić information content (AvgIpc) is 2.36. The summed E-state index contributed by atoms with van der Waals surface area (Å²) in [4.78, 5) is 24.5. The zero-order chi connectivity index (χ0) is 12.1. The Hall–Kier alpha value is -1.84. The Morgan fingerprint density at radius 3 is 2.31 bits per heavy atom. The van der Waals surface area contributed by atoms with Crippen molar-refractivity contribution in [2.24, 2.45) is 5.92 Å². The van der Waals surface area contributed by atoms with Gasteiger partial charge in [0.15, 0.2) is 0 Å². The van der Waals surface area contributed by atoms with Crippen molar-refractivity contribution >= 4 is 17.6 Å². The molecule has 0 spiro atoms. The Morgan fingerprint density at radius 1 is 1.25 bits per heavy atom. The standard InChI is InChI=1S/C12H15NO3/c1-9(12(15)16-3)11(14)13(2)10-7-5-4-6-8-10/h4-9H,1-3H3. The number of anilines is 1. The molecule has 16 heavy (non-hydrogen) atoms. The minimum atomic E-state index is -0.782. The number of methoxy groups -OCH3 is 1. The van der Waals surface area contributed by atoms with Gasteiger partial charge in [-0.2, -0.15) is 0 Å². The van der Waals surface area contributed by atoms with E-state index in [1.165, 1.54) is 18.9 Å². The highest BCUT2D eigenvalue weighted by Crippen LogP contribution is 2.14. The van der Waals surface area contributed by atoms with Gasteiger partial charge in [-0.05, 0) is 19.1 Å². The highest BCUT2D eigenvalue weighted by molar-refractivity contribution is 6.05. The number of esters is 1. The van der Waals surface area contributed by atoms with E-state index in [1.807, 2.05) is 30.3 Å². The Morgan fingerprint density at radius 2 is 1.81 bits per heavy atom. The van der Waals surface area contributed by atoms with Crippen molar-refractivity contribution in [1.29, 1.82) is 0 Å². The third kappa shape index (κ3) is 2.59. The van der Waals surface area contributed by atoms with E-state index in [-0.39, 0.29) is 5.91 Å². The van der Waals surface area contributed by atoms with E-state index in [2.05, 4.69) is 4.74 Å². The number of benzene rings is 1. The van der Waals surface area contributed by atoms with Crippen LogP contribution in [0.2, 0.25) is 0 Å². The molecule has 4 nitrogen and oxygen atoms in total. The molecular weight excluding hydrogens is 206 g/mol. The molecule has 0 aliphatic carbocycles. The van der Waals surface area contributed by atoms with Crippen LogP contribution in [0.5, 0.6) is 0 Å². The second-order valence-corrected chi connectivity index (χ2v) is 3.48. The van der Waals surface area contributed by atoms with Crippen LogP contribution in [0.1, 0.15) is 6.92 Å². The van der Waals surface area contributed by atoms with Gasteiger partial charge in [0.25, 0.3) is 0 Å². The maximum atomic E-state index is 11.9. The minimum absolute atomic E-state index is 0.280. The fraction of sp³-hybridized carbons (Fsp3) is 0.333. The van der Waals surface area contributed by atoms with Gasteiger partial charge in [-0.3, -0.25) is 9.59 Å². The van der Waals surface area contributed by atoms with Gasteiger partial charge in [0.1, 0.15) is 5.92 Å². The minimum Gasteiger partial charge on any atom is -0.468 e. The van der Waals surface area contributed by atoms with Crippen molar-refractivity contribution in [2.75, 3.05) is 19.1 Å². The van der Waals surface area contributed by atoms with Gasteiger partial charge < -0.3 is 9.64 Å². The molecule has 0 aromatic heterocycles. The van der Waals surface area contributed by atoms with Crippen LogP contribution >= 0.6 is 0 Å². The van der Waals surface area contributed by atoms with Gasteiger partial charge in [-0.25, -0.2) is 0 Å². The van der Waals surface area contributed by atoms with Crippen LogP contribution in [-0.4, -0.2) is 26.0 Å². The lowest BCUT2D eigenvalue weighted by Crippen LogP contribution is -2.35. The summed E-state index contributed by atoms with van der Waals surface area (Å²) in [6.45, 7) is 1.54. The first kappa shape index (κ1) is 12.2. The molecular formula is C12H15NO3. The summed E-state index contributed by atoms with van der Waals surface area (Å²) in [5, 5.41) is 0. The van der Waals surface area contributed by atoms with Crippen LogP contribution in [0.4, 0.5) is 5.69 Å². The first-order chi connectivity index (χ1) is 7.57. The Kier molecular flexibility index (Phi) is 4.05. The second kappa shape index (κ2) is 5.30. The van der Waals surface area contributed by atoms with Crippen molar-refractivity contribution in [3.8, 4) is 0 Å². The molecule has 1 atom stereocenters. The SMILES string of the molecule is COC(=O)C(C)C(=O)N(C)c1ccccc1. The summed E-state index contributed by atoms with van der Waals surface area (Å²) in [6.07, 6.45) is 0. The van der Waals surface area contributed by atoms with E-state index in [9.17, 15) is 9.59 Å². The number of para-hydroxylation sites is 1. The van der Waals surface area contributed by atoms with E-state index >= 15 is 0 Å². The van der Waals surface area contributed by atoms with Gasteiger partial charge in [0.05, 0.1) is 7.11 Å². The van der Waals surface area contributed by atoms with Crippen LogP contribution in [0.15, 0.2) is 30.3 Å². The van der Waals surface area contributed by atoms with E-state index in [0.717, 1.165) is 5.69 Å². The molecule has 0 saturated carbocycles. The summed E-state index contributed by atoms with van der Waals surface area (Å²) < 4.78 is 4.53. The monoisotopic (exact) mass is 221 g/mol. The Labute approximate surface area is 94.8 Å². The van der Waals surface area contributed by atoms with E-state index in [0.29, 0.717) is 0 Å². The van der Waals surface area contributed by atoms with Crippen molar-refractivity contribution in [1.82, 2.24) is 0 Å². The predicted molar refractivity (Wildman–Crippen MR) is 61.0 cm³/mol. The van der Waals surface area contributed by atoms with E-state index in [4.69, 9.17) is 0 Å². The Balaban J connectivity index is 2.79. The van der Waals surface area contributed by atoms with Crippen LogP contribution in [0, 0.1) is 5.92 Å². The molecule has 0 heterocycles. The maximum Gasteiger partial charge on any atom is 0.317 e. The van der Waals surface area contributed by atoms with Gasteiger partial charge in [-0.15, -0.1) is 0 Å². The lowest BCUT2D eigenvalue weighted by atomic mass is 10.1. The normalized spacial score (nSPS) is 11.7. The van der Waals surface area contributed by atoms with E-state index < -0.39 is 11.9 Å². The van der Waals surface area contributed by atoms with E-state index in [1.54, 1.807) is 7.05 Å². The van der Waals surface area contributed by atoms with Crippen LogP contribution in [-0.2, 0) is 14.3 Å². The number of rotatable bonds is 3. The smallest absolute Gasteiger partial charge is 0.317 e. The predicted octanol–water partition coefficient (Wildman–Crippen LogP) is 1.46. The third-order valence-corrected chi connectivity index (χ3v) is 2.40. The third-order valence-electron chi connectivity index (χ3n) is 2.40. The maximum absolute atomic E-state index is 11.9. The largest absolute Gasteiger partial charge is 0.468 e. The number of carbonyl (C=O) groups is 2. The first-order valence-corrected chi connectivity index (χ1v) is 4.98. The van der Waals surface area contributed by atoms with Crippen molar-refractivity contribution in [3.05, 3.63) is 30.3 Å².